The fourth-order valence-corrected chi connectivity index (χ4v) is 3.03. The lowest BCUT2D eigenvalue weighted by Gasteiger charge is -2.15. The summed E-state index contributed by atoms with van der Waals surface area (Å²) in [5.41, 5.74) is 6.38. The molecule has 0 bridgehead atoms. The van der Waals surface area contributed by atoms with Crippen molar-refractivity contribution in [1.82, 2.24) is 10.0 Å². The zero-order chi connectivity index (χ0) is 15.5. The molecule has 112 valence electrons. The van der Waals surface area contributed by atoms with Crippen molar-refractivity contribution in [2.45, 2.75) is 31.7 Å². The largest absolute Gasteiger partial charge is 0.397 e. The highest BCUT2D eigenvalue weighted by molar-refractivity contribution is 7.89. The van der Waals surface area contributed by atoms with Crippen LogP contribution in [0.2, 0.25) is 5.02 Å². The zero-order valence-electron chi connectivity index (χ0n) is 11.5. The van der Waals surface area contributed by atoms with E-state index >= 15 is 0 Å². The van der Waals surface area contributed by atoms with Gasteiger partial charge in [0.05, 0.1) is 21.6 Å². The second kappa shape index (κ2) is 6.43. The van der Waals surface area contributed by atoms with Crippen LogP contribution in [0, 0.1) is 6.92 Å². The number of benzene rings is 1. The van der Waals surface area contributed by atoms with Crippen LogP contribution in [0.3, 0.4) is 0 Å². The van der Waals surface area contributed by atoms with Crippen LogP contribution in [0.1, 0.15) is 19.4 Å². The number of halogens is 1. The number of hydrogen-bond acceptors (Lipinski definition) is 4. The highest BCUT2D eigenvalue weighted by Crippen LogP contribution is 2.26. The van der Waals surface area contributed by atoms with Crippen molar-refractivity contribution in [3.63, 3.8) is 0 Å². The molecule has 0 aromatic heterocycles. The fraction of sp³-hybridized carbons (Fsp3) is 0.417. The number of sulfonamides is 1. The number of likely N-dealkylation sites (N-methyl/N-ethyl adjacent to an activating group) is 1. The first-order valence-electron chi connectivity index (χ1n) is 6.04. The van der Waals surface area contributed by atoms with Crippen LogP contribution in [0.25, 0.3) is 0 Å². The molecule has 1 atom stereocenters. The Morgan fingerprint density at radius 3 is 2.55 bits per heavy atom. The lowest BCUT2D eigenvalue weighted by Crippen LogP contribution is -2.44. The van der Waals surface area contributed by atoms with Crippen LogP contribution >= 0.6 is 11.6 Å². The van der Waals surface area contributed by atoms with Gasteiger partial charge in [0, 0.05) is 6.54 Å². The predicted octanol–water partition coefficient (Wildman–Crippen LogP) is 1.03. The standard InChI is InChI=1S/C12H18ClN3O3S/c1-4-15-12(17)8(3)16-20(18,19)9-5-7(2)11(13)10(14)6-9/h5-6,8,16H,4,14H2,1-3H3,(H,15,17). The van der Waals surface area contributed by atoms with E-state index in [-0.39, 0.29) is 10.6 Å². The Balaban J connectivity index is 3.03. The van der Waals surface area contributed by atoms with Crippen molar-refractivity contribution >= 4 is 33.2 Å². The van der Waals surface area contributed by atoms with Crippen molar-refractivity contribution in [1.29, 1.82) is 0 Å². The van der Waals surface area contributed by atoms with Gasteiger partial charge < -0.3 is 11.1 Å². The Kier molecular flexibility index (Phi) is 5.38. The van der Waals surface area contributed by atoms with E-state index in [1.54, 1.807) is 13.8 Å². The molecule has 4 N–H and O–H groups in total. The summed E-state index contributed by atoms with van der Waals surface area (Å²) in [6, 6.07) is 1.80. The molecule has 20 heavy (non-hydrogen) atoms. The lowest BCUT2D eigenvalue weighted by atomic mass is 10.2. The van der Waals surface area contributed by atoms with Crippen LogP contribution in [0.4, 0.5) is 5.69 Å². The van der Waals surface area contributed by atoms with E-state index in [0.29, 0.717) is 17.1 Å². The maximum absolute atomic E-state index is 12.2. The van der Waals surface area contributed by atoms with Gasteiger partial charge in [0.25, 0.3) is 0 Å². The van der Waals surface area contributed by atoms with Crippen molar-refractivity contribution in [2.24, 2.45) is 0 Å². The first-order valence-corrected chi connectivity index (χ1v) is 7.90. The second-order valence-corrected chi connectivity index (χ2v) is 6.47. The number of nitrogens with one attached hydrogen (secondary N) is 2. The first-order chi connectivity index (χ1) is 9.19. The van der Waals surface area contributed by atoms with E-state index in [4.69, 9.17) is 17.3 Å². The number of rotatable bonds is 5. The van der Waals surface area contributed by atoms with Gasteiger partial charge in [-0.25, -0.2) is 8.42 Å². The van der Waals surface area contributed by atoms with Crippen molar-refractivity contribution < 1.29 is 13.2 Å². The van der Waals surface area contributed by atoms with Gasteiger partial charge in [0.15, 0.2) is 0 Å². The van der Waals surface area contributed by atoms with Gasteiger partial charge >= 0.3 is 0 Å². The smallest absolute Gasteiger partial charge is 0.241 e. The van der Waals surface area contributed by atoms with E-state index in [2.05, 4.69) is 10.0 Å². The Hall–Kier alpha value is -1.31. The molecule has 0 aliphatic heterocycles. The summed E-state index contributed by atoms with van der Waals surface area (Å²) in [6.07, 6.45) is 0. The van der Waals surface area contributed by atoms with Crippen LogP contribution in [-0.2, 0) is 14.8 Å². The molecule has 0 saturated carbocycles. The predicted molar refractivity (Wildman–Crippen MR) is 79.1 cm³/mol. The van der Waals surface area contributed by atoms with Crippen LogP contribution < -0.4 is 15.8 Å². The minimum absolute atomic E-state index is 0.0203. The summed E-state index contributed by atoms with van der Waals surface area (Å²) in [6.45, 7) is 5.31. The summed E-state index contributed by atoms with van der Waals surface area (Å²) >= 11 is 5.89. The molecule has 0 aliphatic rings. The minimum atomic E-state index is -3.83. The molecule has 0 saturated heterocycles. The number of nitrogen functional groups attached to an aromatic ring is 1. The molecular weight excluding hydrogens is 302 g/mol. The maximum atomic E-state index is 12.2. The van der Waals surface area contributed by atoms with E-state index in [9.17, 15) is 13.2 Å². The number of aryl methyl sites for hydroxylation is 1. The SMILES string of the molecule is CCNC(=O)C(C)NS(=O)(=O)c1cc(C)c(Cl)c(N)c1. The Morgan fingerprint density at radius 2 is 2.05 bits per heavy atom. The Bertz CT molecular complexity index is 593. The lowest BCUT2D eigenvalue weighted by molar-refractivity contribution is -0.122. The summed E-state index contributed by atoms with van der Waals surface area (Å²) in [7, 11) is -3.83. The van der Waals surface area contributed by atoms with E-state index in [1.165, 1.54) is 19.1 Å². The average Bonchev–Trinajstić information content (AvgIpc) is 2.35. The molecular formula is C12H18ClN3O3S. The number of nitrogens with two attached hydrogens (primary N) is 1. The van der Waals surface area contributed by atoms with Crippen molar-refractivity contribution in [3.8, 4) is 0 Å². The summed E-state index contributed by atoms with van der Waals surface area (Å²) in [4.78, 5) is 11.5. The van der Waals surface area contributed by atoms with Gasteiger partial charge in [-0.1, -0.05) is 11.6 Å². The highest BCUT2D eigenvalue weighted by Gasteiger charge is 2.22. The van der Waals surface area contributed by atoms with Crippen LogP contribution in [-0.4, -0.2) is 26.9 Å². The zero-order valence-corrected chi connectivity index (χ0v) is 13.1. The van der Waals surface area contributed by atoms with Crippen LogP contribution in [0.5, 0.6) is 0 Å². The molecule has 1 aromatic carbocycles. The third-order valence-electron chi connectivity index (χ3n) is 2.64. The normalized spacial score (nSPS) is 13.0. The highest BCUT2D eigenvalue weighted by atomic mass is 35.5. The Labute approximate surface area is 123 Å². The topological polar surface area (TPSA) is 101 Å². The van der Waals surface area contributed by atoms with Crippen LogP contribution in [0.15, 0.2) is 17.0 Å². The van der Waals surface area contributed by atoms with Gasteiger partial charge in [0.2, 0.25) is 15.9 Å². The van der Waals surface area contributed by atoms with Crippen molar-refractivity contribution in [2.75, 3.05) is 12.3 Å². The number of amides is 1. The van der Waals surface area contributed by atoms with Gasteiger partial charge in [-0.05, 0) is 38.5 Å². The second-order valence-electron chi connectivity index (χ2n) is 4.38. The number of anilines is 1. The third-order valence-corrected chi connectivity index (χ3v) is 4.68. The molecule has 0 heterocycles. The molecule has 0 fully saturated rings. The molecule has 1 amide bonds. The molecule has 1 aromatic rings. The van der Waals surface area contributed by atoms with Gasteiger partial charge in [-0.15, -0.1) is 0 Å². The van der Waals surface area contributed by atoms with Gasteiger partial charge in [0.1, 0.15) is 0 Å². The summed E-state index contributed by atoms with van der Waals surface area (Å²) < 4.78 is 26.6. The first kappa shape index (κ1) is 16.7. The summed E-state index contributed by atoms with van der Waals surface area (Å²) in [5, 5.41) is 2.86. The number of carbonyl (C=O) groups is 1. The van der Waals surface area contributed by atoms with Gasteiger partial charge in [-0.3, -0.25) is 4.79 Å². The van der Waals surface area contributed by atoms with Crippen molar-refractivity contribution in [3.05, 3.63) is 22.7 Å². The monoisotopic (exact) mass is 319 g/mol. The third kappa shape index (κ3) is 3.84. The molecule has 6 nitrogen and oxygen atoms in total. The minimum Gasteiger partial charge on any atom is -0.397 e. The van der Waals surface area contributed by atoms with E-state index in [0.717, 1.165) is 0 Å². The molecule has 1 rings (SSSR count). The molecule has 0 aliphatic carbocycles. The summed E-state index contributed by atoms with van der Waals surface area (Å²) in [5.74, 6) is -0.394. The van der Waals surface area contributed by atoms with E-state index < -0.39 is 22.0 Å². The quantitative estimate of drug-likeness (QED) is 0.706. The molecule has 1 unspecified atom stereocenters. The fourth-order valence-electron chi connectivity index (χ4n) is 1.60. The number of carbonyl (C=O) groups excluding carboxylic acids is 1. The average molecular weight is 320 g/mol. The molecule has 0 spiro atoms. The van der Waals surface area contributed by atoms with Gasteiger partial charge in [-0.2, -0.15) is 4.72 Å². The maximum Gasteiger partial charge on any atom is 0.241 e. The number of hydrogen-bond donors (Lipinski definition) is 3. The van der Waals surface area contributed by atoms with E-state index in [1.807, 2.05) is 0 Å². The molecule has 0 radical (unpaired) electrons. The molecule has 8 heteroatoms. The Morgan fingerprint density at radius 1 is 1.45 bits per heavy atom.